The Morgan fingerprint density at radius 2 is 1.90 bits per heavy atom. The molecule has 0 aromatic carbocycles. The average Bonchev–Trinajstić information content (AvgIpc) is 3.19. The van der Waals surface area contributed by atoms with Crippen LogP contribution in [-0.2, 0) is 19.3 Å². The third-order valence-electron chi connectivity index (χ3n) is 6.87. The molecular weight excluding hydrogens is 401 g/mol. The molecule has 164 valence electrons. The molecule has 0 radical (unpaired) electrons. The summed E-state index contributed by atoms with van der Waals surface area (Å²) in [4.78, 5) is 7.93. The minimum Gasteiger partial charge on any atom is -0.399 e. The van der Waals surface area contributed by atoms with Gasteiger partial charge in [-0.25, -0.2) is 17.7 Å². The van der Waals surface area contributed by atoms with Gasteiger partial charge >= 0.3 is 7.12 Å². The molecule has 1 atom stereocenters. The molecule has 2 aromatic heterocycles. The molecule has 0 bridgehead atoms. The van der Waals surface area contributed by atoms with Crippen LogP contribution in [0.25, 0.3) is 11.0 Å². The fourth-order valence-corrected chi connectivity index (χ4v) is 5.56. The van der Waals surface area contributed by atoms with Gasteiger partial charge in [0.1, 0.15) is 5.65 Å². The SMILES string of the molecule is CC(C)S(=O)(=O)N1CCCC(c2cc3c(B4OC(C)(C)C(C)(C)O4)ccnc3[nH]2)C1. The van der Waals surface area contributed by atoms with E-state index in [9.17, 15) is 8.42 Å². The van der Waals surface area contributed by atoms with Crippen molar-refractivity contribution in [1.29, 1.82) is 0 Å². The number of nitrogens with zero attached hydrogens (tertiary/aromatic N) is 2. The maximum atomic E-state index is 12.7. The van der Waals surface area contributed by atoms with Gasteiger partial charge in [-0.05, 0) is 72.0 Å². The largest absolute Gasteiger partial charge is 0.495 e. The highest BCUT2D eigenvalue weighted by atomic mass is 32.2. The Labute approximate surface area is 179 Å². The second kappa shape index (κ2) is 7.33. The number of hydrogen-bond donors (Lipinski definition) is 1. The van der Waals surface area contributed by atoms with E-state index in [1.165, 1.54) is 0 Å². The number of pyridine rings is 1. The lowest BCUT2D eigenvalue weighted by atomic mass is 9.77. The molecule has 0 amide bonds. The molecule has 1 unspecified atom stereocenters. The van der Waals surface area contributed by atoms with Crippen LogP contribution in [0.2, 0.25) is 0 Å². The second-order valence-electron chi connectivity index (χ2n) is 9.77. The predicted octanol–water partition coefficient (Wildman–Crippen LogP) is 2.78. The van der Waals surface area contributed by atoms with Crippen LogP contribution >= 0.6 is 0 Å². The molecule has 30 heavy (non-hydrogen) atoms. The minimum atomic E-state index is -3.25. The number of sulfonamides is 1. The maximum Gasteiger partial charge on any atom is 0.495 e. The molecule has 7 nitrogen and oxygen atoms in total. The van der Waals surface area contributed by atoms with Crippen molar-refractivity contribution >= 4 is 33.6 Å². The molecular formula is C21H32BN3O4S. The van der Waals surface area contributed by atoms with Gasteiger partial charge in [-0.2, -0.15) is 0 Å². The van der Waals surface area contributed by atoms with Crippen LogP contribution < -0.4 is 5.46 Å². The highest BCUT2D eigenvalue weighted by Gasteiger charge is 2.52. The Morgan fingerprint density at radius 1 is 1.23 bits per heavy atom. The molecule has 0 aliphatic carbocycles. The van der Waals surface area contributed by atoms with Gasteiger partial charge in [0.25, 0.3) is 0 Å². The standard InChI is InChI=1S/C21H32BN3O4S/c1-14(2)30(26,27)25-11-7-8-15(13-25)18-12-16-17(9-10-23-19(16)24-18)22-28-20(3,4)21(5,6)29-22/h9-10,12,14-15H,7-8,11,13H2,1-6H3,(H,23,24). The third-order valence-corrected chi connectivity index (χ3v) is 9.12. The van der Waals surface area contributed by atoms with Crippen molar-refractivity contribution in [3.8, 4) is 0 Å². The first-order chi connectivity index (χ1) is 13.9. The summed E-state index contributed by atoms with van der Waals surface area (Å²) in [5, 5.41) is 0.561. The van der Waals surface area contributed by atoms with Gasteiger partial charge in [0.05, 0.1) is 16.5 Å². The summed E-state index contributed by atoms with van der Waals surface area (Å²) < 4.78 is 39.4. The zero-order chi connectivity index (χ0) is 21.9. The summed E-state index contributed by atoms with van der Waals surface area (Å²) in [7, 11) is -3.72. The lowest BCUT2D eigenvalue weighted by Gasteiger charge is -2.32. The van der Waals surface area contributed by atoms with E-state index >= 15 is 0 Å². The van der Waals surface area contributed by atoms with E-state index in [-0.39, 0.29) is 5.92 Å². The van der Waals surface area contributed by atoms with Gasteiger partial charge in [0.15, 0.2) is 0 Å². The zero-order valence-electron chi connectivity index (χ0n) is 18.7. The van der Waals surface area contributed by atoms with Crippen molar-refractivity contribution in [3.63, 3.8) is 0 Å². The fraction of sp³-hybridized carbons (Fsp3) is 0.667. The van der Waals surface area contributed by atoms with E-state index in [1.807, 2.05) is 33.8 Å². The van der Waals surface area contributed by atoms with Crippen LogP contribution in [0.4, 0.5) is 0 Å². The molecule has 9 heteroatoms. The van der Waals surface area contributed by atoms with Crippen molar-refractivity contribution < 1.29 is 17.7 Å². The van der Waals surface area contributed by atoms with E-state index < -0.39 is 33.6 Å². The topological polar surface area (TPSA) is 84.5 Å². The zero-order valence-corrected chi connectivity index (χ0v) is 19.5. The summed E-state index contributed by atoms with van der Waals surface area (Å²) in [5.74, 6) is 0.118. The monoisotopic (exact) mass is 433 g/mol. The van der Waals surface area contributed by atoms with Crippen LogP contribution in [0.3, 0.4) is 0 Å². The fourth-order valence-electron chi connectivity index (χ4n) is 4.19. The summed E-state index contributed by atoms with van der Waals surface area (Å²) >= 11 is 0. The Hall–Kier alpha value is -1.42. The number of aromatic amines is 1. The van der Waals surface area contributed by atoms with E-state index in [0.29, 0.717) is 13.1 Å². The van der Waals surface area contributed by atoms with Crippen LogP contribution in [0.15, 0.2) is 18.3 Å². The number of nitrogens with one attached hydrogen (secondary N) is 1. The highest BCUT2D eigenvalue weighted by Crippen LogP contribution is 2.37. The Morgan fingerprint density at radius 3 is 2.53 bits per heavy atom. The number of aromatic nitrogens is 2. The molecule has 2 aliphatic heterocycles. The van der Waals surface area contributed by atoms with Gasteiger partial charge < -0.3 is 14.3 Å². The maximum absolute atomic E-state index is 12.7. The Kier molecular flexibility index (Phi) is 5.32. The van der Waals surface area contributed by atoms with Crippen LogP contribution in [-0.4, -0.2) is 59.4 Å². The molecule has 4 heterocycles. The van der Waals surface area contributed by atoms with Crippen molar-refractivity contribution in [2.24, 2.45) is 0 Å². The summed E-state index contributed by atoms with van der Waals surface area (Å²) in [6.07, 6.45) is 3.56. The number of fused-ring (bicyclic) bond motifs is 1. The number of rotatable bonds is 4. The Balaban J connectivity index is 1.64. The number of H-pyrrole nitrogens is 1. The van der Waals surface area contributed by atoms with E-state index in [2.05, 4.69) is 16.0 Å². The number of hydrogen-bond acceptors (Lipinski definition) is 5. The molecule has 4 rings (SSSR count). The van der Waals surface area contributed by atoms with E-state index in [0.717, 1.165) is 35.0 Å². The first kappa shape index (κ1) is 21.8. The van der Waals surface area contributed by atoms with Gasteiger partial charge in [-0.3, -0.25) is 0 Å². The molecule has 0 saturated carbocycles. The Bertz CT molecular complexity index is 1030. The van der Waals surface area contributed by atoms with Crippen LogP contribution in [0, 0.1) is 0 Å². The first-order valence-electron chi connectivity index (χ1n) is 10.7. The second-order valence-corrected chi connectivity index (χ2v) is 12.3. The van der Waals surface area contributed by atoms with Crippen molar-refractivity contribution in [3.05, 3.63) is 24.0 Å². The summed E-state index contributed by atoms with van der Waals surface area (Å²) in [6.45, 7) is 12.7. The van der Waals surface area contributed by atoms with Gasteiger partial charge in [0, 0.05) is 36.3 Å². The molecule has 2 aliphatic rings. The van der Waals surface area contributed by atoms with Crippen LogP contribution in [0.1, 0.15) is 66.0 Å². The lowest BCUT2D eigenvalue weighted by molar-refractivity contribution is 0.00578. The highest BCUT2D eigenvalue weighted by molar-refractivity contribution is 7.89. The van der Waals surface area contributed by atoms with Gasteiger partial charge in [-0.15, -0.1) is 0 Å². The van der Waals surface area contributed by atoms with Crippen LogP contribution in [0.5, 0.6) is 0 Å². The number of piperidine rings is 1. The molecule has 0 spiro atoms. The van der Waals surface area contributed by atoms with E-state index in [4.69, 9.17) is 9.31 Å². The first-order valence-corrected chi connectivity index (χ1v) is 12.2. The quantitative estimate of drug-likeness (QED) is 0.750. The summed E-state index contributed by atoms with van der Waals surface area (Å²) in [5.41, 5.74) is 1.91. The van der Waals surface area contributed by atoms with Gasteiger partial charge in [0.2, 0.25) is 10.0 Å². The predicted molar refractivity (Wildman–Crippen MR) is 119 cm³/mol. The lowest BCUT2D eigenvalue weighted by Crippen LogP contribution is -2.42. The smallest absolute Gasteiger partial charge is 0.399 e. The van der Waals surface area contributed by atoms with Gasteiger partial charge in [-0.1, -0.05) is 0 Å². The molecule has 2 saturated heterocycles. The van der Waals surface area contributed by atoms with Crippen molar-refractivity contribution in [1.82, 2.24) is 14.3 Å². The summed E-state index contributed by atoms with van der Waals surface area (Å²) in [6, 6.07) is 4.04. The van der Waals surface area contributed by atoms with Crippen molar-refractivity contribution in [2.45, 2.75) is 76.8 Å². The van der Waals surface area contributed by atoms with E-state index in [1.54, 1.807) is 24.3 Å². The molecule has 2 fully saturated rings. The molecule has 2 aromatic rings. The normalized spacial score (nSPS) is 24.8. The average molecular weight is 433 g/mol. The molecule has 1 N–H and O–H groups in total. The minimum absolute atomic E-state index is 0.118. The van der Waals surface area contributed by atoms with Crippen molar-refractivity contribution in [2.75, 3.05) is 13.1 Å². The third kappa shape index (κ3) is 3.59.